The molecule has 0 unspecified atom stereocenters. The van der Waals surface area contributed by atoms with Crippen LogP contribution in [0.5, 0.6) is 0 Å². The van der Waals surface area contributed by atoms with Gasteiger partial charge in [0.25, 0.3) is 5.91 Å². The Balaban J connectivity index is 1.54. The summed E-state index contributed by atoms with van der Waals surface area (Å²) in [5, 5.41) is 12.5. The van der Waals surface area contributed by atoms with Crippen molar-refractivity contribution in [2.75, 3.05) is 5.32 Å². The number of halogens is 1. The van der Waals surface area contributed by atoms with E-state index in [0.717, 1.165) is 32.9 Å². The number of hydrogen-bond donors (Lipinski definition) is 1. The van der Waals surface area contributed by atoms with Gasteiger partial charge >= 0.3 is 0 Å². The van der Waals surface area contributed by atoms with Crippen LogP contribution in [0.2, 0.25) is 5.02 Å². The lowest BCUT2D eigenvalue weighted by atomic mass is 10.1. The summed E-state index contributed by atoms with van der Waals surface area (Å²) in [5.74, 6) is -0.322. The van der Waals surface area contributed by atoms with Crippen LogP contribution in [0.4, 0.5) is 5.13 Å². The van der Waals surface area contributed by atoms with Gasteiger partial charge in [0.05, 0.1) is 17.1 Å². The Morgan fingerprint density at radius 3 is 2.71 bits per heavy atom. The topological polar surface area (TPSA) is 72.7 Å². The van der Waals surface area contributed by atoms with Crippen molar-refractivity contribution in [3.63, 3.8) is 0 Å². The average Bonchev–Trinajstić information content (AvgIpc) is 3.26. The van der Waals surface area contributed by atoms with Crippen LogP contribution in [0.3, 0.4) is 0 Å². The highest BCUT2D eigenvalue weighted by Gasteiger charge is 2.20. The molecule has 1 N–H and O–H groups in total. The van der Waals surface area contributed by atoms with Gasteiger partial charge in [0, 0.05) is 16.3 Å². The zero-order chi connectivity index (χ0) is 22.1. The average molecular weight is 452 g/mol. The molecule has 0 saturated heterocycles. The molecule has 0 radical (unpaired) electrons. The molecule has 31 heavy (non-hydrogen) atoms. The van der Waals surface area contributed by atoms with E-state index in [9.17, 15) is 4.79 Å². The lowest BCUT2D eigenvalue weighted by molar-refractivity contribution is 0.102. The Morgan fingerprint density at radius 1 is 1.13 bits per heavy atom. The minimum Gasteiger partial charge on any atom is -0.296 e. The van der Waals surface area contributed by atoms with Gasteiger partial charge in [0.15, 0.2) is 10.8 Å². The number of amides is 1. The van der Waals surface area contributed by atoms with Crippen molar-refractivity contribution >= 4 is 34.0 Å². The second kappa shape index (κ2) is 8.61. The van der Waals surface area contributed by atoms with Gasteiger partial charge in [-0.15, -0.1) is 16.4 Å². The van der Waals surface area contributed by atoms with E-state index in [1.54, 1.807) is 4.68 Å². The zero-order valence-corrected chi connectivity index (χ0v) is 19.3. The van der Waals surface area contributed by atoms with Crippen molar-refractivity contribution < 1.29 is 4.79 Å². The molecule has 0 bridgehead atoms. The lowest BCUT2D eigenvalue weighted by Gasteiger charge is -2.08. The van der Waals surface area contributed by atoms with E-state index in [2.05, 4.69) is 20.6 Å². The number of thiazole rings is 1. The van der Waals surface area contributed by atoms with E-state index in [1.165, 1.54) is 11.3 Å². The van der Waals surface area contributed by atoms with Crippen LogP contribution in [-0.2, 0) is 6.42 Å². The van der Waals surface area contributed by atoms with E-state index in [4.69, 9.17) is 11.6 Å². The molecule has 4 rings (SSSR count). The highest BCUT2D eigenvalue weighted by molar-refractivity contribution is 7.15. The number of carbonyl (C=O) groups is 1. The minimum absolute atomic E-state index is 0.283. The summed E-state index contributed by atoms with van der Waals surface area (Å²) >= 11 is 7.54. The van der Waals surface area contributed by atoms with Crippen LogP contribution < -0.4 is 5.32 Å². The molecule has 4 aromatic rings. The molecule has 1 amide bonds. The third kappa shape index (κ3) is 4.52. The largest absolute Gasteiger partial charge is 0.296 e. The van der Waals surface area contributed by atoms with Crippen LogP contribution in [0.15, 0.2) is 42.5 Å². The molecular formula is C23H22ClN5OS. The smallest absolute Gasteiger partial charge is 0.279 e. The van der Waals surface area contributed by atoms with Crippen molar-refractivity contribution in [3.8, 4) is 5.69 Å². The van der Waals surface area contributed by atoms with Gasteiger partial charge in [-0.2, -0.15) is 0 Å². The van der Waals surface area contributed by atoms with Crippen LogP contribution >= 0.6 is 22.9 Å². The third-order valence-electron chi connectivity index (χ3n) is 5.07. The molecular weight excluding hydrogens is 430 g/mol. The number of carbonyl (C=O) groups excluding carboxylic acids is 1. The summed E-state index contributed by atoms with van der Waals surface area (Å²) < 4.78 is 1.70. The number of hydrogen-bond acceptors (Lipinski definition) is 5. The van der Waals surface area contributed by atoms with E-state index in [0.29, 0.717) is 22.3 Å². The first-order chi connectivity index (χ1) is 14.8. The first-order valence-corrected chi connectivity index (χ1v) is 11.0. The van der Waals surface area contributed by atoms with Crippen LogP contribution in [-0.4, -0.2) is 25.9 Å². The zero-order valence-electron chi connectivity index (χ0n) is 17.7. The first kappa shape index (κ1) is 21.2. The molecule has 0 aliphatic carbocycles. The SMILES string of the molecule is Cc1ccc(C)c(-n2nnc(C(=O)Nc3nc(C)c(Cc4cccc(Cl)c4)s3)c2C)c1. The maximum atomic E-state index is 12.9. The summed E-state index contributed by atoms with van der Waals surface area (Å²) in [6, 6.07) is 13.9. The molecule has 0 aliphatic heterocycles. The summed E-state index contributed by atoms with van der Waals surface area (Å²) in [6.45, 7) is 7.81. The molecule has 0 atom stereocenters. The number of benzene rings is 2. The number of nitrogens with zero attached hydrogens (tertiary/aromatic N) is 4. The maximum Gasteiger partial charge on any atom is 0.279 e. The fourth-order valence-electron chi connectivity index (χ4n) is 3.35. The fourth-order valence-corrected chi connectivity index (χ4v) is 4.55. The summed E-state index contributed by atoms with van der Waals surface area (Å²) in [5.41, 5.74) is 6.04. The van der Waals surface area contributed by atoms with Gasteiger partial charge in [-0.3, -0.25) is 10.1 Å². The Labute approximate surface area is 189 Å². The van der Waals surface area contributed by atoms with E-state index in [1.807, 2.05) is 70.2 Å². The second-order valence-corrected chi connectivity index (χ2v) is 9.03. The Morgan fingerprint density at radius 2 is 1.94 bits per heavy atom. The van der Waals surface area contributed by atoms with Crippen LogP contribution in [0.25, 0.3) is 5.69 Å². The van der Waals surface area contributed by atoms with Crippen molar-refractivity contribution in [1.29, 1.82) is 0 Å². The van der Waals surface area contributed by atoms with E-state index >= 15 is 0 Å². The van der Waals surface area contributed by atoms with Gasteiger partial charge in [0.1, 0.15) is 0 Å². The number of aromatic nitrogens is 4. The van der Waals surface area contributed by atoms with E-state index in [-0.39, 0.29) is 11.6 Å². The predicted octanol–water partition coefficient (Wildman–Crippen LogP) is 5.45. The number of aryl methyl sites for hydroxylation is 3. The number of nitrogens with one attached hydrogen (secondary N) is 1. The molecule has 2 heterocycles. The number of rotatable bonds is 5. The summed E-state index contributed by atoms with van der Waals surface area (Å²) in [4.78, 5) is 18.5. The van der Waals surface area contributed by atoms with Crippen molar-refractivity contribution in [2.24, 2.45) is 0 Å². The minimum atomic E-state index is -0.322. The predicted molar refractivity (Wildman–Crippen MR) is 125 cm³/mol. The number of anilines is 1. The molecule has 8 heteroatoms. The van der Waals surface area contributed by atoms with Gasteiger partial charge in [0.2, 0.25) is 0 Å². The highest BCUT2D eigenvalue weighted by atomic mass is 35.5. The molecule has 0 spiro atoms. The highest BCUT2D eigenvalue weighted by Crippen LogP contribution is 2.27. The van der Waals surface area contributed by atoms with Crippen LogP contribution in [0, 0.1) is 27.7 Å². The van der Waals surface area contributed by atoms with Crippen LogP contribution in [0.1, 0.15) is 43.4 Å². The van der Waals surface area contributed by atoms with Crippen molar-refractivity contribution in [3.05, 3.63) is 86.1 Å². The monoisotopic (exact) mass is 451 g/mol. The first-order valence-electron chi connectivity index (χ1n) is 9.84. The Kier molecular flexibility index (Phi) is 5.89. The lowest BCUT2D eigenvalue weighted by Crippen LogP contribution is -2.14. The molecule has 158 valence electrons. The van der Waals surface area contributed by atoms with Crippen molar-refractivity contribution in [2.45, 2.75) is 34.1 Å². The maximum absolute atomic E-state index is 12.9. The molecule has 0 aliphatic rings. The van der Waals surface area contributed by atoms with Gasteiger partial charge in [-0.05, 0) is 62.6 Å². The summed E-state index contributed by atoms with van der Waals surface area (Å²) in [7, 11) is 0. The quantitative estimate of drug-likeness (QED) is 0.437. The second-order valence-electron chi connectivity index (χ2n) is 7.51. The van der Waals surface area contributed by atoms with Gasteiger partial charge < -0.3 is 0 Å². The Bertz CT molecular complexity index is 1280. The molecule has 6 nitrogen and oxygen atoms in total. The molecule has 2 aromatic carbocycles. The van der Waals surface area contributed by atoms with Crippen molar-refractivity contribution in [1.82, 2.24) is 20.0 Å². The standard InChI is InChI=1S/C23H22ClN5OS/c1-13-8-9-14(2)19(10-13)29-16(4)21(27-28-29)22(30)26-23-25-15(3)20(31-23)12-17-6-5-7-18(24)11-17/h5-11H,12H2,1-4H3,(H,25,26,30). The molecule has 2 aromatic heterocycles. The molecule has 0 saturated carbocycles. The normalized spacial score (nSPS) is 11.0. The summed E-state index contributed by atoms with van der Waals surface area (Å²) in [6.07, 6.45) is 0.710. The Hall–Kier alpha value is -3.03. The molecule has 0 fully saturated rings. The third-order valence-corrected chi connectivity index (χ3v) is 6.38. The van der Waals surface area contributed by atoms with Gasteiger partial charge in [-0.25, -0.2) is 9.67 Å². The van der Waals surface area contributed by atoms with E-state index < -0.39 is 0 Å². The fraction of sp³-hybridized carbons (Fsp3) is 0.217. The van der Waals surface area contributed by atoms with Gasteiger partial charge in [-0.1, -0.05) is 41.1 Å².